The fourth-order valence-electron chi connectivity index (χ4n) is 4.65. The standard InChI is InChI=1S/C22H27N3O4S/c1-12-2-4-14-17(8-12)30-22-20(14)21(27)24-18(25-22)6-7-19(26)23-10-13-3-5-15-16(9-13)29-11-28-15/h3,5,9,12,18,20,22,25H,2,4,6-8,10-11H2,1H3,(H,23,26)(H,24,27). The van der Waals surface area contributed by atoms with E-state index >= 15 is 0 Å². The smallest absolute Gasteiger partial charge is 0.231 e. The summed E-state index contributed by atoms with van der Waals surface area (Å²) in [4.78, 5) is 26.5. The summed E-state index contributed by atoms with van der Waals surface area (Å²) < 4.78 is 10.7. The van der Waals surface area contributed by atoms with Gasteiger partial charge in [-0.1, -0.05) is 13.0 Å². The number of amides is 2. The van der Waals surface area contributed by atoms with Gasteiger partial charge in [0.05, 0.1) is 17.5 Å². The highest BCUT2D eigenvalue weighted by Gasteiger charge is 2.45. The molecule has 0 saturated carbocycles. The van der Waals surface area contributed by atoms with Crippen LogP contribution in [-0.4, -0.2) is 30.1 Å². The number of rotatable bonds is 5. The number of nitrogens with one attached hydrogen (secondary N) is 3. The van der Waals surface area contributed by atoms with Crippen LogP contribution < -0.4 is 25.4 Å². The van der Waals surface area contributed by atoms with Gasteiger partial charge in [0.1, 0.15) is 0 Å². The lowest BCUT2D eigenvalue weighted by Crippen LogP contribution is -2.59. The Kier molecular flexibility index (Phi) is 5.37. The molecule has 0 spiro atoms. The number of carbonyl (C=O) groups excluding carboxylic acids is 2. The van der Waals surface area contributed by atoms with Crippen molar-refractivity contribution in [2.24, 2.45) is 11.8 Å². The Balaban J connectivity index is 1.10. The molecule has 0 aromatic heterocycles. The summed E-state index contributed by atoms with van der Waals surface area (Å²) in [6.45, 7) is 2.96. The zero-order valence-corrected chi connectivity index (χ0v) is 17.8. The molecule has 1 aromatic carbocycles. The Labute approximate surface area is 180 Å². The minimum absolute atomic E-state index is 0.0313. The Morgan fingerprint density at radius 2 is 2.17 bits per heavy atom. The van der Waals surface area contributed by atoms with E-state index in [4.69, 9.17) is 9.47 Å². The molecule has 4 aliphatic rings. The molecule has 0 radical (unpaired) electrons. The van der Waals surface area contributed by atoms with E-state index in [1.54, 1.807) is 0 Å². The third-order valence-electron chi connectivity index (χ3n) is 6.30. The van der Waals surface area contributed by atoms with Gasteiger partial charge in [-0.05, 0) is 59.8 Å². The monoisotopic (exact) mass is 429 g/mol. The molecule has 3 heterocycles. The molecule has 1 aromatic rings. The largest absolute Gasteiger partial charge is 0.454 e. The third-order valence-corrected chi connectivity index (χ3v) is 7.67. The van der Waals surface area contributed by atoms with Crippen LogP contribution in [0.4, 0.5) is 0 Å². The van der Waals surface area contributed by atoms with Crippen molar-refractivity contribution in [3.05, 3.63) is 34.2 Å². The Morgan fingerprint density at radius 1 is 1.30 bits per heavy atom. The number of hydrogen-bond acceptors (Lipinski definition) is 6. The minimum atomic E-state index is -0.165. The van der Waals surface area contributed by atoms with Crippen LogP contribution in [0, 0.1) is 11.8 Å². The maximum absolute atomic E-state index is 12.7. The SMILES string of the molecule is CC1CCC2=C(C1)SC1NC(CCC(=O)NCc3ccc4c(c3)OCO4)NC(=O)C21. The second kappa shape index (κ2) is 8.15. The van der Waals surface area contributed by atoms with Gasteiger partial charge in [0.2, 0.25) is 18.6 Å². The molecule has 3 N–H and O–H groups in total. The van der Waals surface area contributed by atoms with E-state index in [9.17, 15) is 9.59 Å². The zero-order valence-electron chi connectivity index (χ0n) is 17.0. The number of thioether (sulfide) groups is 1. The number of carbonyl (C=O) groups is 2. The summed E-state index contributed by atoms with van der Waals surface area (Å²) in [6.07, 6.45) is 4.06. The lowest BCUT2D eigenvalue weighted by atomic mass is 9.83. The molecular formula is C22H27N3O4S. The molecule has 1 fully saturated rings. The maximum atomic E-state index is 12.7. The quantitative estimate of drug-likeness (QED) is 0.667. The molecule has 5 rings (SSSR count). The molecule has 4 atom stereocenters. The van der Waals surface area contributed by atoms with E-state index in [0.29, 0.717) is 31.1 Å². The number of benzene rings is 1. The summed E-state index contributed by atoms with van der Waals surface area (Å²) in [5, 5.41) is 9.69. The van der Waals surface area contributed by atoms with Crippen molar-refractivity contribution in [1.82, 2.24) is 16.0 Å². The highest BCUT2D eigenvalue weighted by atomic mass is 32.2. The molecule has 1 saturated heterocycles. The van der Waals surface area contributed by atoms with Gasteiger partial charge in [-0.2, -0.15) is 0 Å². The highest BCUT2D eigenvalue weighted by molar-refractivity contribution is 8.04. The Bertz CT molecular complexity index is 902. The second-order valence-electron chi connectivity index (χ2n) is 8.54. The van der Waals surface area contributed by atoms with Gasteiger partial charge in [-0.25, -0.2) is 0 Å². The van der Waals surface area contributed by atoms with Gasteiger partial charge in [0, 0.05) is 13.0 Å². The molecule has 7 nitrogen and oxygen atoms in total. The van der Waals surface area contributed by atoms with E-state index in [0.717, 1.165) is 24.2 Å². The van der Waals surface area contributed by atoms with Crippen LogP contribution in [0.3, 0.4) is 0 Å². The first-order valence-corrected chi connectivity index (χ1v) is 11.5. The average molecular weight is 430 g/mol. The Morgan fingerprint density at radius 3 is 3.07 bits per heavy atom. The van der Waals surface area contributed by atoms with Crippen molar-refractivity contribution in [2.45, 2.75) is 57.1 Å². The van der Waals surface area contributed by atoms with E-state index < -0.39 is 0 Å². The lowest BCUT2D eigenvalue weighted by Gasteiger charge is -2.34. The molecular weight excluding hydrogens is 402 g/mol. The summed E-state index contributed by atoms with van der Waals surface area (Å²) in [6, 6.07) is 5.66. The third kappa shape index (κ3) is 3.90. The van der Waals surface area contributed by atoms with Gasteiger partial charge in [-0.3, -0.25) is 14.9 Å². The van der Waals surface area contributed by atoms with Crippen LogP contribution in [0.5, 0.6) is 11.5 Å². The van der Waals surface area contributed by atoms with Crippen molar-refractivity contribution in [3.8, 4) is 11.5 Å². The van der Waals surface area contributed by atoms with Crippen molar-refractivity contribution in [2.75, 3.05) is 6.79 Å². The molecule has 160 valence electrons. The Hall–Kier alpha value is -2.19. The van der Waals surface area contributed by atoms with Crippen molar-refractivity contribution in [3.63, 3.8) is 0 Å². The van der Waals surface area contributed by atoms with Crippen LogP contribution in [0.1, 0.15) is 44.6 Å². The van der Waals surface area contributed by atoms with E-state index in [2.05, 4.69) is 22.9 Å². The number of fused-ring (bicyclic) bond motifs is 3. The van der Waals surface area contributed by atoms with E-state index in [1.807, 2.05) is 30.0 Å². The number of ether oxygens (including phenoxy) is 2. The van der Waals surface area contributed by atoms with E-state index in [1.165, 1.54) is 16.9 Å². The second-order valence-corrected chi connectivity index (χ2v) is 9.78. The minimum Gasteiger partial charge on any atom is -0.454 e. The van der Waals surface area contributed by atoms with Crippen molar-refractivity contribution >= 4 is 23.6 Å². The van der Waals surface area contributed by atoms with Crippen molar-refractivity contribution < 1.29 is 19.1 Å². The molecule has 8 heteroatoms. The molecule has 1 aliphatic carbocycles. The lowest BCUT2D eigenvalue weighted by molar-refractivity contribution is -0.128. The topological polar surface area (TPSA) is 88.7 Å². The molecule has 2 amide bonds. The summed E-state index contributed by atoms with van der Waals surface area (Å²) in [5.41, 5.74) is 2.31. The molecule has 4 unspecified atom stereocenters. The zero-order chi connectivity index (χ0) is 20.7. The van der Waals surface area contributed by atoms with Gasteiger partial charge in [0.15, 0.2) is 11.5 Å². The maximum Gasteiger partial charge on any atom is 0.231 e. The van der Waals surface area contributed by atoms with Crippen LogP contribution in [0.25, 0.3) is 0 Å². The first-order valence-electron chi connectivity index (χ1n) is 10.7. The van der Waals surface area contributed by atoms with Crippen LogP contribution in [0.2, 0.25) is 0 Å². The fraction of sp³-hybridized carbons (Fsp3) is 0.545. The summed E-state index contributed by atoms with van der Waals surface area (Å²) in [5.74, 6) is 2.17. The van der Waals surface area contributed by atoms with Gasteiger partial charge in [0.25, 0.3) is 0 Å². The first-order chi connectivity index (χ1) is 14.6. The van der Waals surface area contributed by atoms with Gasteiger partial charge >= 0.3 is 0 Å². The predicted octanol–water partition coefficient (Wildman–Crippen LogP) is 2.62. The predicted molar refractivity (Wildman–Crippen MR) is 114 cm³/mol. The molecule has 30 heavy (non-hydrogen) atoms. The van der Waals surface area contributed by atoms with Gasteiger partial charge < -0.3 is 20.1 Å². The summed E-state index contributed by atoms with van der Waals surface area (Å²) in [7, 11) is 0. The molecule has 3 aliphatic heterocycles. The number of hydrogen-bond donors (Lipinski definition) is 3. The normalized spacial score (nSPS) is 29.3. The molecule has 0 bridgehead atoms. The average Bonchev–Trinajstić information content (AvgIpc) is 3.33. The first kappa shape index (κ1) is 19.8. The van der Waals surface area contributed by atoms with Gasteiger partial charge in [-0.15, -0.1) is 11.8 Å². The van der Waals surface area contributed by atoms with Crippen LogP contribution in [-0.2, 0) is 16.1 Å². The highest BCUT2D eigenvalue weighted by Crippen LogP contribution is 2.50. The van der Waals surface area contributed by atoms with Crippen molar-refractivity contribution in [1.29, 1.82) is 0 Å². The number of allylic oxidation sites excluding steroid dienone is 1. The van der Waals surface area contributed by atoms with E-state index in [-0.39, 0.29) is 36.1 Å². The van der Waals surface area contributed by atoms with Crippen LogP contribution in [0.15, 0.2) is 28.7 Å². The van der Waals surface area contributed by atoms with Crippen LogP contribution >= 0.6 is 11.8 Å². The fourth-order valence-corrected chi connectivity index (χ4v) is 6.37. The summed E-state index contributed by atoms with van der Waals surface area (Å²) >= 11 is 1.83.